The third-order valence-electron chi connectivity index (χ3n) is 1.69. The SMILES string of the molecule is C[C@@H](O)C(=O)Oc1cccc(CN)c1. The van der Waals surface area contributed by atoms with Crippen molar-refractivity contribution in [3.05, 3.63) is 29.8 Å². The highest BCUT2D eigenvalue weighted by molar-refractivity contribution is 5.76. The van der Waals surface area contributed by atoms with Crippen LogP contribution < -0.4 is 10.5 Å². The number of aliphatic hydroxyl groups is 1. The Balaban J connectivity index is 2.72. The molecule has 14 heavy (non-hydrogen) atoms. The van der Waals surface area contributed by atoms with E-state index in [2.05, 4.69) is 0 Å². The lowest BCUT2D eigenvalue weighted by molar-refractivity contribution is -0.142. The van der Waals surface area contributed by atoms with Crippen molar-refractivity contribution in [2.45, 2.75) is 19.6 Å². The van der Waals surface area contributed by atoms with Crippen LogP contribution in [0, 0.1) is 0 Å². The summed E-state index contributed by atoms with van der Waals surface area (Å²) in [7, 11) is 0. The van der Waals surface area contributed by atoms with E-state index >= 15 is 0 Å². The Bertz CT molecular complexity index is 323. The van der Waals surface area contributed by atoms with Gasteiger partial charge in [-0.2, -0.15) is 0 Å². The van der Waals surface area contributed by atoms with Crippen LogP contribution in [0.2, 0.25) is 0 Å². The van der Waals surface area contributed by atoms with Gasteiger partial charge in [0.05, 0.1) is 0 Å². The summed E-state index contributed by atoms with van der Waals surface area (Å²) in [6.45, 7) is 1.75. The molecule has 0 saturated heterocycles. The zero-order valence-electron chi connectivity index (χ0n) is 7.93. The zero-order chi connectivity index (χ0) is 10.6. The van der Waals surface area contributed by atoms with E-state index in [-0.39, 0.29) is 0 Å². The van der Waals surface area contributed by atoms with E-state index < -0.39 is 12.1 Å². The van der Waals surface area contributed by atoms with Gasteiger partial charge in [0.15, 0.2) is 0 Å². The number of carbonyl (C=O) groups excluding carboxylic acids is 1. The maximum atomic E-state index is 11.0. The smallest absolute Gasteiger partial charge is 0.340 e. The van der Waals surface area contributed by atoms with Crippen LogP contribution in [0.3, 0.4) is 0 Å². The second kappa shape index (κ2) is 4.74. The molecule has 1 aromatic carbocycles. The molecule has 1 aromatic rings. The van der Waals surface area contributed by atoms with E-state index in [0.29, 0.717) is 12.3 Å². The number of benzene rings is 1. The predicted molar refractivity (Wildman–Crippen MR) is 51.6 cm³/mol. The minimum Gasteiger partial charge on any atom is -0.425 e. The van der Waals surface area contributed by atoms with E-state index in [0.717, 1.165) is 5.56 Å². The fourth-order valence-corrected chi connectivity index (χ4v) is 0.937. The number of hydrogen-bond donors (Lipinski definition) is 2. The highest BCUT2D eigenvalue weighted by atomic mass is 16.5. The number of nitrogens with two attached hydrogens (primary N) is 1. The molecule has 0 aliphatic rings. The van der Waals surface area contributed by atoms with Crippen molar-refractivity contribution in [3.63, 3.8) is 0 Å². The van der Waals surface area contributed by atoms with Gasteiger partial charge in [-0.1, -0.05) is 12.1 Å². The summed E-state index contributed by atoms with van der Waals surface area (Å²) in [4.78, 5) is 11.0. The van der Waals surface area contributed by atoms with Crippen molar-refractivity contribution in [1.29, 1.82) is 0 Å². The quantitative estimate of drug-likeness (QED) is 0.542. The Morgan fingerprint density at radius 2 is 2.36 bits per heavy atom. The first-order valence-electron chi connectivity index (χ1n) is 4.32. The molecule has 0 aromatic heterocycles. The summed E-state index contributed by atoms with van der Waals surface area (Å²) in [6.07, 6.45) is -1.11. The standard InChI is InChI=1S/C10H13NO3/c1-7(12)10(13)14-9-4-2-3-8(5-9)6-11/h2-5,7,12H,6,11H2,1H3/t7-/m1/s1. The van der Waals surface area contributed by atoms with E-state index in [9.17, 15) is 4.79 Å². The Hall–Kier alpha value is -1.39. The molecule has 0 unspecified atom stereocenters. The van der Waals surface area contributed by atoms with Crippen molar-refractivity contribution in [3.8, 4) is 5.75 Å². The third kappa shape index (κ3) is 2.83. The molecular formula is C10H13NO3. The van der Waals surface area contributed by atoms with Crippen molar-refractivity contribution >= 4 is 5.97 Å². The molecule has 4 heteroatoms. The molecule has 0 amide bonds. The average Bonchev–Trinajstić information content (AvgIpc) is 2.18. The lowest BCUT2D eigenvalue weighted by Crippen LogP contribution is -2.22. The Kier molecular flexibility index (Phi) is 3.62. The molecule has 76 valence electrons. The summed E-state index contributed by atoms with van der Waals surface area (Å²) in [5, 5.41) is 8.91. The topological polar surface area (TPSA) is 72.5 Å². The fraction of sp³-hybridized carbons (Fsp3) is 0.300. The predicted octanol–water partition coefficient (Wildman–Crippen LogP) is 0.432. The second-order valence-corrected chi connectivity index (χ2v) is 2.95. The van der Waals surface area contributed by atoms with E-state index in [1.807, 2.05) is 6.07 Å². The molecule has 1 rings (SSSR count). The van der Waals surface area contributed by atoms with Crippen molar-refractivity contribution < 1.29 is 14.6 Å². The van der Waals surface area contributed by atoms with Crippen molar-refractivity contribution in [2.24, 2.45) is 5.73 Å². The maximum Gasteiger partial charge on any atom is 0.340 e. The monoisotopic (exact) mass is 195 g/mol. The number of esters is 1. The molecule has 3 N–H and O–H groups in total. The van der Waals surface area contributed by atoms with Gasteiger partial charge in [-0.05, 0) is 24.6 Å². The number of aliphatic hydroxyl groups excluding tert-OH is 1. The number of hydrogen-bond acceptors (Lipinski definition) is 4. The fourth-order valence-electron chi connectivity index (χ4n) is 0.937. The summed E-state index contributed by atoms with van der Waals surface area (Å²) in [5.41, 5.74) is 6.30. The third-order valence-corrected chi connectivity index (χ3v) is 1.69. The van der Waals surface area contributed by atoms with Gasteiger partial charge in [-0.25, -0.2) is 4.79 Å². The van der Waals surface area contributed by atoms with Crippen LogP contribution in [0.15, 0.2) is 24.3 Å². The van der Waals surface area contributed by atoms with E-state index in [1.165, 1.54) is 6.92 Å². The second-order valence-electron chi connectivity index (χ2n) is 2.95. The molecular weight excluding hydrogens is 182 g/mol. The van der Waals surface area contributed by atoms with Crippen LogP contribution in [0.4, 0.5) is 0 Å². The van der Waals surface area contributed by atoms with Crippen LogP contribution in [-0.2, 0) is 11.3 Å². The van der Waals surface area contributed by atoms with Crippen molar-refractivity contribution in [2.75, 3.05) is 0 Å². The summed E-state index contributed by atoms with van der Waals surface area (Å²) >= 11 is 0. The Labute approximate surface area is 82.3 Å². The molecule has 0 spiro atoms. The van der Waals surface area contributed by atoms with Crippen LogP contribution in [0.25, 0.3) is 0 Å². The molecule has 1 atom stereocenters. The Morgan fingerprint density at radius 1 is 1.64 bits per heavy atom. The number of rotatable bonds is 3. The Morgan fingerprint density at radius 3 is 2.93 bits per heavy atom. The number of ether oxygens (including phenoxy) is 1. The highest BCUT2D eigenvalue weighted by Gasteiger charge is 2.11. The largest absolute Gasteiger partial charge is 0.425 e. The molecule has 0 aliphatic heterocycles. The zero-order valence-corrected chi connectivity index (χ0v) is 7.93. The van der Waals surface area contributed by atoms with Gasteiger partial charge in [-0.15, -0.1) is 0 Å². The first-order valence-corrected chi connectivity index (χ1v) is 4.32. The minimum absolute atomic E-state index is 0.389. The first-order chi connectivity index (χ1) is 6.63. The molecule has 0 fully saturated rings. The van der Waals surface area contributed by atoms with Gasteiger partial charge in [0.2, 0.25) is 0 Å². The van der Waals surface area contributed by atoms with E-state index in [1.54, 1.807) is 18.2 Å². The van der Waals surface area contributed by atoms with Crippen LogP contribution in [0.5, 0.6) is 5.75 Å². The van der Waals surface area contributed by atoms with Crippen LogP contribution >= 0.6 is 0 Å². The van der Waals surface area contributed by atoms with Crippen molar-refractivity contribution in [1.82, 2.24) is 0 Å². The number of carbonyl (C=O) groups is 1. The first kappa shape index (κ1) is 10.7. The molecule has 0 heterocycles. The van der Waals surface area contributed by atoms with Gasteiger partial charge in [-0.3, -0.25) is 0 Å². The minimum atomic E-state index is -1.11. The van der Waals surface area contributed by atoms with Crippen LogP contribution in [-0.4, -0.2) is 17.2 Å². The van der Waals surface area contributed by atoms with Gasteiger partial charge in [0.25, 0.3) is 0 Å². The molecule has 0 radical (unpaired) electrons. The lowest BCUT2D eigenvalue weighted by atomic mass is 10.2. The van der Waals surface area contributed by atoms with E-state index in [4.69, 9.17) is 15.6 Å². The van der Waals surface area contributed by atoms with Gasteiger partial charge >= 0.3 is 5.97 Å². The average molecular weight is 195 g/mol. The molecule has 0 saturated carbocycles. The summed E-state index contributed by atoms with van der Waals surface area (Å²) < 4.78 is 4.87. The van der Waals surface area contributed by atoms with Crippen LogP contribution in [0.1, 0.15) is 12.5 Å². The van der Waals surface area contributed by atoms with Gasteiger partial charge in [0, 0.05) is 6.54 Å². The van der Waals surface area contributed by atoms with Gasteiger partial charge in [0.1, 0.15) is 11.9 Å². The molecule has 0 aliphatic carbocycles. The summed E-state index contributed by atoms with van der Waals surface area (Å²) in [5.74, 6) is -0.266. The maximum absolute atomic E-state index is 11.0. The highest BCUT2D eigenvalue weighted by Crippen LogP contribution is 2.13. The molecule has 4 nitrogen and oxygen atoms in total. The van der Waals surface area contributed by atoms with Gasteiger partial charge < -0.3 is 15.6 Å². The normalized spacial score (nSPS) is 12.2. The molecule has 0 bridgehead atoms. The lowest BCUT2D eigenvalue weighted by Gasteiger charge is -2.06. The summed E-state index contributed by atoms with van der Waals surface area (Å²) in [6, 6.07) is 6.88.